The van der Waals surface area contributed by atoms with Gasteiger partial charge in [0.25, 0.3) is 0 Å². The van der Waals surface area contributed by atoms with Gasteiger partial charge in [0.2, 0.25) is 32.6 Å². The van der Waals surface area contributed by atoms with Gasteiger partial charge >= 0.3 is 0 Å². The van der Waals surface area contributed by atoms with Crippen LogP contribution >= 0.6 is 0 Å². The molecule has 0 unspecified atom stereocenters. The predicted molar refractivity (Wildman–Crippen MR) is 26.7 cm³/mol. The van der Waals surface area contributed by atoms with Crippen LogP contribution in [0.2, 0.25) is 10.6 Å². The smallest absolute Gasteiger partial charge is 0.113 e. The Morgan fingerprint density at radius 2 is 1.25 bits per heavy atom. The molecule has 0 N–H and O–H groups in total. The molecule has 0 amide bonds. The third-order valence-corrected chi connectivity index (χ3v) is 4.50. The average molecular weight is 86.0 g/mol. The first-order valence-electron chi connectivity index (χ1n) is 1.91. The van der Waals surface area contributed by atoms with Crippen LogP contribution in [-0.2, 0) is 0 Å². The van der Waals surface area contributed by atoms with Crippen LogP contribution in [0.1, 0.15) is 0 Å². The molecule has 0 aliphatic rings. The maximum atomic E-state index is 1.52. The first kappa shape index (κ1) is 5.06. The second-order valence-corrected chi connectivity index (χ2v) is 3.00. The van der Waals surface area contributed by atoms with E-state index in [1.807, 2.05) is 0 Å². The molecular formula is C2H8Al2. The summed E-state index contributed by atoms with van der Waals surface area (Å²) in [4.78, 5) is 0. The van der Waals surface area contributed by atoms with Crippen molar-refractivity contribution in [3.8, 4) is 0 Å². The summed E-state index contributed by atoms with van der Waals surface area (Å²) in [6.45, 7) is 0. The summed E-state index contributed by atoms with van der Waals surface area (Å²) in [6, 6.07) is 0. The quantitative estimate of drug-likeness (QED) is 0.362. The summed E-state index contributed by atoms with van der Waals surface area (Å²) < 4.78 is 0. The summed E-state index contributed by atoms with van der Waals surface area (Å²) in [5, 5.41) is 3.04. The zero-order valence-electron chi connectivity index (χ0n) is 3.41. The fraction of sp³-hybridized carbons (Fsp3) is 1.00. The van der Waals surface area contributed by atoms with Crippen LogP contribution in [0.5, 0.6) is 0 Å². The normalized spacial score (nSPS) is 7.00. The molecule has 0 nitrogen and oxygen atoms in total. The molecule has 4 heavy (non-hydrogen) atoms. The minimum Gasteiger partial charge on any atom is -0.113 e. The largest absolute Gasteiger partial charge is 0.209 e. The Labute approximate surface area is 43.4 Å². The van der Waals surface area contributed by atoms with Crippen molar-refractivity contribution in [2.45, 2.75) is 10.6 Å². The highest BCUT2D eigenvalue weighted by atomic mass is 27.1. The Morgan fingerprint density at radius 1 is 1.00 bits per heavy atom. The third-order valence-electron chi connectivity index (χ3n) is 0.500. The molecule has 0 atom stereocenters. The lowest BCUT2D eigenvalue weighted by molar-refractivity contribution is 1.46. The van der Waals surface area contributed by atoms with Crippen molar-refractivity contribution < 1.29 is 0 Å². The monoisotopic (exact) mass is 86.0 g/mol. The first-order valence-corrected chi connectivity index (χ1v) is 4.74. The predicted octanol–water partition coefficient (Wildman–Crippen LogP) is -0.911. The van der Waals surface area contributed by atoms with Gasteiger partial charge in [-0.25, -0.2) is 0 Å². The van der Waals surface area contributed by atoms with Crippen LogP contribution in [0, 0.1) is 0 Å². The first-order chi connectivity index (χ1) is 1.91. The molecule has 0 fully saturated rings. The molecule has 0 aliphatic heterocycles. The topological polar surface area (TPSA) is 0 Å². The molecule has 0 aliphatic carbocycles. The number of rotatable bonds is 1. The summed E-state index contributed by atoms with van der Waals surface area (Å²) >= 11 is 2.85. The number of hydrogen-bond acceptors (Lipinski definition) is 0. The SMILES string of the molecule is [AlH2][CH2][CH2][AlH2]. The summed E-state index contributed by atoms with van der Waals surface area (Å²) in [5.41, 5.74) is 0. The zero-order valence-corrected chi connectivity index (χ0v) is 7.41. The third kappa shape index (κ3) is 3.06. The van der Waals surface area contributed by atoms with E-state index < -0.39 is 0 Å². The van der Waals surface area contributed by atoms with Gasteiger partial charge in [0, 0.05) is 0 Å². The highest BCUT2D eigenvalue weighted by Gasteiger charge is 1.61. The van der Waals surface area contributed by atoms with E-state index in [1.165, 1.54) is 43.1 Å². The Morgan fingerprint density at radius 3 is 1.25 bits per heavy atom. The highest BCUT2D eigenvalue weighted by Crippen LogP contribution is 1.70. The van der Waals surface area contributed by atoms with Gasteiger partial charge in [0.15, 0.2) is 0 Å². The second-order valence-electron chi connectivity index (χ2n) is 1.000. The van der Waals surface area contributed by atoms with Gasteiger partial charge in [-0.1, -0.05) is 0 Å². The van der Waals surface area contributed by atoms with E-state index in [2.05, 4.69) is 0 Å². The fourth-order valence-electron chi connectivity index (χ4n) is 0. The minimum atomic E-state index is 1.42. The maximum Gasteiger partial charge on any atom is 0.209 e. The Bertz CT molecular complexity index is 6.00. The van der Waals surface area contributed by atoms with E-state index in [9.17, 15) is 0 Å². The number of hydrogen-bond donors (Lipinski definition) is 0. The van der Waals surface area contributed by atoms with E-state index in [-0.39, 0.29) is 0 Å². The van der Waals surface area contributed by atoms with Crippen LogP contribution in [0.25, 0.3) is 0 Å². The van der Waals surface area contributed by atoms with E-state index >= 15 is 0 Å². The van der Waals surface area contributed by atoms with Crippen LogP contribution in [0.4, 0.5) is 0 Å². The van der Waals surface area contributed by atoms with Crippen molar-refractivity contribution in [1.82, 2.24) is 0 Å². The lowest BCUT2D eigenvalue weighted by Gasteiger charge is -1.65. The molecule has 0 heterocycles. The van der Waals surface area contributed by atoms with Crippen LogP contribution in [-0.4, -0.2) is 32.6 Å². The average Bonchev–Trinajstić information content (AvgIpc) is 1.37. The highest BCUT2D eigenvalue weighted by molar-refractivity contribution is 6.16. The lowest BCUT2D eigenvalue weighted by Crippen LogP contribution is -1.60. The van der Waals surface area contributed by atoms with Crippen molar-refractivity contribution >= 4 is 32.6 Å². The van der Waals surface area contributed by atoms with Crippen molar-refractivity contribution in [2.24, 2.45) is 0 Å². The van der Waals surface area contributed by atoms with Gasteiger partial charge in [-0.05, 0) is 0 Å². The van der Waals surface area contributed by atoms with E-state index in [1.54, 1.807) is 0 Å². The molecule has 0 aromatic carbocycles. The molecule has 2 heteroatoms. The van der Waals surface area contributed by atoms with Crippen LogP contribution in [0.3, 0.4) is 0 Å². The lowest BCUT2D eigenvalue weighted by atomic mass is 10.9. The zero-order chi connectivity index (χ0) is 3.41. The molecule has 0 aromatic heterocycles. The maximum absolute atomic E-state index is 1.52. The molecular weight excluding hydrogens is 78.0 g/mol. The van der Waals surface area contributed by atoms with Crippen LogP contribution in [0.15, 0.2) is 0 Å². The van der Waals surface area contributed by atoms with Gasteiger partial charge in [-0.2, -0.15) is 0 Å². The molecule has 0 saturated heterocycles. The Balaban J connectivity index is 1.97. The second kappa shape index (κ2) is 4.06. The van der Waals surface area contributed by atoms with Crippen LogP contribution < -0.4 is 0 Å². The molecule has 0 saturated carbocycles. The molecule has 0 rings (SSSR count). The van der Waals surface area contributed by atoms with E-state index in [0.717, 1.165) is 0 Å². The van der Waals surface area contributed by atoms with E-state index in [4.69, 9.17) is 0 Å². The molecule has 0 bridgehead atoms. The molecule has 0 spiro atoms. The molecule has 0 radical (unpaired) electrons. The van der Waals surface area contributed by atoms with Crippen molar-refractivity contribution in [3.05, 3.63) is 0 Å². The van der Waals surface area contributed by atoms with Crippen molar-refractivity contribution in [2.75, 3.05) is 0 Å². The van der Waals surface area contributed by atoms with E-state index in [0.29, 0.717) is 0 Å². The minimum absolute atomic E-state index is 1.42. The van der Waals surface area contributed by atoms with Gasteiger partial charge in [-0.15, -0.1) is 10.6 Å². The Kier molecular flexibility index (Phi) is 5.15. The van der Waals surface area contributed by atoms with Gasteiger partial charge in [0.1, 0.15) is 0 Å². The molecule has 0 aromatic rings. The summed E-state index contributed by atoms with van der Waals surface area (Å²) in [7, 11) is 0. The summed E-state index contributed by atoms with van der Waals surface area (Å²) in [5.74, 6) is 0. The molecule has 22 valence electrons. The standard InChI is InChI=1S/C2H4.2Al.4H/c1-2;;;;;;/h1-2H2;;;;;;. The van der Waals surface area contributed by atoms with Gasteiger partial charge in [0.05, 0.1) is 0 Å². The van der Waals surface area contributed by atoms with Crippen molar-refractivity contribution in [3.63, 3.8) is 0 Å². The Hall–Kier alpha value is 1.06. The fourth-order valence-corrected chi connectivity index (χ4v) is 0. The summed E-state index contributed by atoms with van der Waals surface area (Å²) in [6.07, 6.45) is 0. The van der Waals surface area contributed by atoms with Gasteiger partial charge < -0.3 is 0 Å². The van der Waals surface area contributed by atoms with Crippen molar-refractivity contribution in [1.29, 1.82) is 0 Å². The van der Waals surface area contributed by atoms with Gasteiger partial charge in [-0.3, -0.25) is 0 Å².